The molecule has 1 spiro atoms. The number of piperidine rings is 2. The van der Waals surface area contributed by atoms with Gasteiger partial charge in [-0.3, -0.25) is 4.90 Å². The van der Waals surface area contributed by atoms with Crippen molar-refractivity contribution in [2.45, 2.75) is 77.2 Å². The number of nitrogens with zero attached hydrogens (tertiary/aromatic N) is 1. The van der Waals surface area contributed by atoms with E-state index in [0.29, 0.717) is 11.5 Å². The summed E-state index contributed by atoms with van der Waals surface area (Å²) in [6.45, 7) is 8.07. The Bertz CT molecular complexity index is 1250. The zero-order chi connectivity index (χ0) is 23.5. The van der Waals surface area contributed by atoms with Crippen LogP contribution < -0.4 is 4.74 Å². The Kier molecular flexibility index (Phi) is 5.03. The smallest absolute Gasteiger partial charge is 0.340 e. The lowest BCUT2D eigenvalue weighted by molar-refractivity contribution is -0.219. The van der Waals surface area contributed by atoms with Gasteiger partial charge in [0.2, 0.25) is 0 Å². The molecule has 0 radical (unpaired) electrons. The minimum atomic E-state index is -0.273. The normalized spacial score (nSPS) is 25.7. The van der Waals surface area contributed by atoms with Crippen LogP contribution >= 0.6 is 0 Å². The Morgan fingerprint density at radius 3 is 2.79 bits per heavy atom. The number of esters is 1. The summed E-state index contributed by atoms with van der Waals surface area (Å²) >= 11 is 0. The number of aryl methyl sites for hydroxylation is 1. The van der Waals surface area contributed by atoms with Crippen LogP contribution in [-0.2, 0) is 17.8 Å². The van der Waals surface area contributed by atoms with E-state index in [1.165, 1.54) is 19.3 Å². The number of fused-ring (bicyclic) bond motifs is 3. The molecule has 0 amide bonds. The van der Waals surface area contributed by atoms with Gasteiger partial charge >= 0.3 is 5.97 Å². The van der Waals surface area contributed by atoms with Crippen molar-refractivity contribution in [3.63, 3.8) is 0 Å². The molecular weight excluding hydrogens is 424 g/mol. The molecule has 5 nitrogen and oxygen atoms in total. The van der Waals surface area contributed by atoms with E-state index in [-0.39, 0.29) is 23.8 Å². The number of rotatable bonds is 3. The Morgan fingerprint density at radius 2 is 1.97 bits per heavy atom. The van der Waals surface area contributed by atoms with Crippen LogP contribution in [-0.4, -0.2) is 33.7 Å². The molecule has 2 aromatic carbocycles. The Morgan fingerprint density at radius 1 is 1.15 bits per heavy atom. The van der Waals surface area contributed by atoms with Crippen molar-refractivity contribution in [2.75, 3.05) is 6.54 Å². The summed E-state index contributed by atoms with van der Waals surface area (Å²) in [4.78, 5) is 19.4. The van der Waals surface area contributed by atoms with Crippen LogP contribution in [0.2, 0.25) is 0 Å². The highest BCUT2D eigenvalue weighted by molar-refractivity contribution is 6.07. The van der Waals surface area contributed by atoms with Crippen LogP contribution in [0.3, 0.4) is 0 Å². The van der Waals surface area contributed by atoms with Gasteiger partial charge < -0.3 is 14.5 Å². The predicted octanol–water partition coefficient (Wildman–Crippen LogP) is 6.14. The fraction of sp³-hybridized carbons (Fsp3) is 0.483. The summed E-state index contributed by atoms with van der Waals surface area (Å²) in [5.74, 6) is 1.09. The molecule has 0 saturated carbocycles. The molecule has 178 valence electrons. The van der Waals surface area contributed by atoms with Crippen LogP contribution in [0.15, 0.2) is 42.5 Å². The summed E-state index contributed by atoms with van der Waals surface area (Å²) in [6, 6.07) is 14.0. The van der Waals surface area contributed by atoms with Crippen LogP contribution in [0.4, 0.5) is 0 Å². The third kappa shape index (κ3) is 3.28. The highest BCUT2D eigenvalue weighted by Crippen LogP contribution is 2.53. The molecule has 2 fully saturated rings. The summed E-state index contributed by atoms with van der Waals surface area (Å²) in [7, 11) is 0. The van der Waals surface area contributed by atoms with Crippen LogP contribution in [0.1, 0.15) is 73.1 Å². The third-order valence-corrected chi connectivity index (χ3v) is 8.47. The van der Waals surface area contributed by atoms with Crippen LogP contribution in [0.5, 0.6) is 5.75 Å². The second kappa shape index (κ2) is 7.88. The molecule has 0 aliphatic carbocycles. The largest absolute Gasteiger partial charge is 0.472 e. The van der Waals surface area contributed by atoms with Gasteiger partial charge in [-0.2, -0.15) is 0 Å². The first-order chi connectivity index (χ1) is 16.4. The second-order valence-electron chi connectivity index (χ2n) is 11.0. The van der Waals surface area contributed by atoms with Crippen molar-refractivity contribution in [1.29, 1.82) is 0 Å². The van der Waals surface area contributed by atoms with Gasteiger partial charge in [0.1, 0.15) is 12.4 Å². The Balaban J connectivity index is 1.39. The average molecular weight is 459 g/mol. The molecule has 2 unspecified atom stereocenters. The lowest BCUT2D eigenvalue weighted by atomic mass is 9.69. The summed E-state index contributed by atoms with van der Waals surface area (Å²) < 4.78 is 12.8. The lowest BCUT2D eigenvalue weighted by Gasteiger charge is -2.62. The fourth-order valence-electron chi connectivity index (χ4n) is 6.81. The minimum absolute atomic E-state index is 0.148. The van der Waals surface area contributed by atoms with Gasteiger partial charge in [0.05, 0.1) is 5.56 Å². The first-order valence-electron chi connectivity index (χ1n) is 12.7. The quantitative estimate of drug-likeness (QED) is 0.479. The van der Waals surface area contributed by atoms with E-state index in [2.05, 4.69) is 35.9 Å². The van der Waals surface area contributed by atoms with E-state index in [1.54, 1.807) is 0 Å². The maximum Gasteiger partial charge on any atom is 0.340 e. The minimum Gasteiger partial charge on any atom is -0.472 e. The van der Waals surface area contributed by atoms with E-state index in [4.69, 9.17) is 9.47 Å². The lowest BCUT2D eigenvalue weighted by Crippen LogP contribution is -2.70. The molecule has 1 aromatic heterocycles. The summed E-state index contributed by atoms with van der Waals surface area (Å²) in [5.41, 5.74) is 4.57. The molecule has 5 heteroatoms. The fourth-order valence-corrected chi connectivity index (χ4v) is 6.81. The number of carbonyl (C=O) groups is 1. The predicted molar refractivity (Wildman–Crippen MR) is 133 cm³/mol. The van der Waals surface area contributed by atoms with Crippen molar-refractivity contribution in [3.05, 3.63) is 64.8 Å². The number of nitrogens with one attached hydrogen (secondary N) is 1. The van der Waals surface area contributed by atoms with Gasteiger partial charge in [0.15, 0.2) is 5.72 Å². The molecule has 2 atom stereocenters. The molecule has 2 saturated heterocycles. The van der Waals surface area contributed by atoms with Gasteiger partial charge in [-0.15, -0.1) is 0 Å². The third-order valence-electron chi connectivity index (χ3n) is 8.47. The first-order valence-corrected chi connectivity index (χ1v) is 12.7. The number of benzene rings is 2. The number of aromatic amines is 1. The molecule has 4 heterocycles. The second-order valence-corrected chi connectivity index (χ2v) is 11.0. The number of ether oxygens (including phenoxy) is 2. The van der Waals surface area contributed by atoms with E-state index < -0.39 is 0 Å². The van der Waals surface area contributed by atoms with Crippen molar-refractivity contribution < 1.29 is 14.3 Å². The molecule has 0 bridgehead atoms. The highest BCUT2D eigenvalue weighted by Gasteiger charge is 2.57. The SMILES string of the molecule is Cc1[nH]c2ccc3c(c2c1C(=O)OCc1ccccc1)CC1CCC(C)(C)N2CCCCC12O3. The van der Waals surface area contributed by atoms with E-state index >= 15 is 0 Å². The number of carbonyl (C=O) groups excluding carboxylic acids is 1. The number of hydrogen-bond donors (Lipinski definition) is 1. The van der Waals surface area contributed by atoms with Crippen LogP contribution in [0.25, 0.3) is 10.9 Å². The van der Waals surface area contributed by atoms with Gasteiger partial charge in [-0.05, 0) is 70.6 Å². The van der Waals surface area contributed by atoms with Crippen molar-refractivity contribution in [2.24, 2.45) is 5.92 Å². The molecule has 1 N–H and O–H groups in total. The van der Waals surface area contributed by atoms with Gasteiger partial charge in [0, 0.05) is 46.6 Å². The summed E-state index contributed by atoms with van der Waals surface area (Å²) in [6.07, 6.45) is 6.79. The van der Waals surface area contributed by atoms with Gasteiger partial charge in [0.25, 0.3) is 0 Å². The molecule has 3 aliphatic heterocycles. The van der Waals surface area contributed by atoms with Crippen LogP contribution in [0, 0.1) is 12.8 Å². The highest BCUT2D eigenvalue weighted by atomic mass is 16.5. The zero-order valence-electron chi connectivity index (χ0n) is 20.4. The Labute approximate surface area is 201 Å². The zero-order valence-corrected chi connectivity index (χ0v) is 20.4. The molecule has 34 heavy (non-hydrogen) atoms. The number of hydrogen-bond acceptors (Lipinski definition) is 4. The van der Waals surface area contributed by atoms with Crippen molar-refractivity contribution >= 4 is 16.9 Å². The van der Waals surface area contributed by atoms with Crippen molar-refractivity contribution in [1.82, 2.24) is 9.88 Å². The van der Waals surface area contributed by atoms with E-state index in [0.717, 1.165) is 59.3 Å². The Hall–Kier alpha value is -2.79. The maximum atomic E-state index is 13.3. The molecule has 6 rings (SSSR count). The van der Waals surface area contributed by atoms with E-state index in [1.807, 2.05) is 37.3 Å². The van der Waals surface area contributed by atoms with Gasteiger partial charge in [-0.25, -0.2) is 4.79 Å². The average Bonchev–Trinajstić information content (AvgIpc) is 3.18. The van der Waals surface area contributed by atoms with Gasteiger partial charge in [-0.1, -0.05) is 30.3 Å². The monoisotopic (exact) mass is 458 g/mol. The topological polar surface area (TPSA) is 54.6 Å². The standard InChI is InChI=1S/C29H34N2O3/c1-19-25(27(32)33-18-20-9-5-4-6-10-20)26-22-17-21-13-15-28(2,3)31-16-8-7-14-29(21,31)34-24(22)12-11-23(26)30-19/h4-6,9-12,21,30H,7-8,13-18H2,1-3H3. The first kappa shape index (κ1) is 21.7. The molecular formula is C29H34N2O3. The molecule has 3 aliphatic rings. The molecule has 3 aromatic rings. The summed E-state index contributed by atoms with van der Waals surface area (Å²) in [5, 5.41) is 0.982. The number of H-pyrrole nitrogens is 1. The van der Waals surface area contributed by atoms with E-state index in [9.17, 15) is 4.79 Å². The number of aromatic nitrogens is 1. The maximum absolute atomic E-state index is 13.3. The van der Waals surface area contributed by atoms with Crippen molar-refractivity contribution in [3.8, 4) is 5.75 Å².